The summed E-state index contributed by atoms with van der Waals surface area (Å²) in [6.07, 6.45) is 3.40. The molecule has 0 fully saturated rings. The van der Waals surface area contributed by atoms with E-state index < -0.39 is 34.7 Å². The van der Waals surface area contributed by atoms with Crippen LogP contribution in [0.4, 0.5) is 22.7 Å². The molecule has 8 N–H and O–H groups in total. The zero-order valence-electron chi connectivity index (χ0n) is 46.6. The SMILES string of the molecule is CCOC(C)(OCC)c1ccc(C(=CC2(C=C(c3ccc(C(C)(OCC)OCC)cc3N)c3ccc(C(C)(OCC)OCC)cc3N)OC(=O)c3c(Cl)c(Cl)c(Cl)c(Cl)c32)c2ccc(C(C)(OCC)OCC)cc2N)c(N)c1. The summed E-state index contributed by atoms with van der Waals surface area (Å²) in [5.41, 5.74) is 32.9. The molecule has 14 nitrogen and oxygen atoms in total. The van der Waals surface area contributed by atoms with Crippen molar-refractivity contribution in [3.8, 4) is 0 Å². The molecule has 5 aromatic carbocycles. The van der Waals surface area contributed by atoms with Gasteiger partial charge in [0, 0.05) is 126 Å². The Morgan fingerprint density at radius 3 is 0.910 bits per heavy atom. The first-order valence-corrected chi connectivity index (χ1v) is 27.7. The second-order valence-corrected chi connectivity index (χ2v) is 20.3. The van der Waals surface area contributed by atoms with Crippen molar-refractivity contribution in [2.24, 2.45) is 0 Å². The molecule has 1 aliphatic heterocycles. The Morgan fingerprint density at radius 1 is 0.436 bits per heavy atom. The molecule has 18 heteroatoms. The normalized spacial score (nSPS) is 13.6. The van der Waals surface area contributed by atoms with E-state index in [1.165, 1.54) is 0 Å². The third kappa shape index (κ3) is 12.4. The standard InChI is InChI=1S/C60H74Cl4N4O10/c1-13-70-56(9,71-14-2)35-21-25-39(45(65)29-35)43(40-26-22-36(30-46(40)66)57(10,72-15-3)73-16-4)33-60(50-49(55(69)78-60)51(61)53(63)54(64)52(50)62)34-44(41-27-23-37(31-47(41)67)58(11,74-17-5)75-18-6)42-28-24-38(32-48(42)68)59(12,76-19-7)77-20-8/h21-34H,13-20,65-68H2,1-12H3. The van der Waals surface area contributed by atoms with E-state index >= 15 is 0 Å². The lowest BCUT2D eigenvalue weighted by Crippen LogP contribution is -2.30. The minimum atomic E-state index is -2.06. The van der Waals surface area contributed by atoms with Crippen LogP contribution in [0, 0.1) is 0 Å². The lowest BCUT2D eigenvalue weighted by molar-refractivity contribution is -0.230. The van der Waals surface area contributed by atoms with Gasteiger partial charge in [0.05, 0.1) is 25.7 Å². The van der Waals surface area contributed by atoms with Crippen LogP contribution >= 0.6 is 46.4 Å². The van der Waals surface area contributed by atoms with Crippen LogP contribution < -0.4 is 22.9 Å². The van der Waals surface area contributed by atoms with Crippen LogP contribution in [0.3, 0.4) is 0 Å². The van der Waals surface area contributed by atoms with Gasteiger partial charge in [-0.05, 0) is 131 Å². The monoisotopic (exact) mass is 1150 g/mol. The van der Waals surface area contributed by atoms with Crippen molar-refractivity contribution in [2.75, 3.05) is 75.8 Å². The topological polar surface area (TPSA) is 204 Å². The van der Waals surface area contributed by atoms with Crippen molar-refractivity contribution in [1.82, 2.24) is 0 Å². The van der Waals surface area contributed by atoms with Crippen molar-refractivity contribution >= 4 is 86.3 Å². The van der Waals surface area contributed by atoms with Gasteiger partial charge in [0.2, 0.25) is 0 Å². The third-order valence-corrected chi connectivity index (χ3v) is 15.5. The number of nitrogen functional groups attached to an aromatic ring is 4. The van der Waals surface area contributed by atoms with Gasteiger partial charge in [-0.2, -0.15) is 0 Å². The van der Waals surface area contributed by atoms with Crippen molar-refractivity contribution < 1.29 is 47.4 Å². The summed E-state index contributed by atoms with van der Waals surface area (Å²) >= 11 is 28.2. The Balaban J connectivity index is 1.84. The Morgan fingerprint density at radius 2 is 0.679 bits per heavy atom. The van der Waals surface area contributed by atoms with Crippen molar-refractivity contribution in [3.63, 3.8) is 0 Å². The van der Waals surface area contributed by atoms with Gasteiger partial charge in [-0.25, -0.2) is 4.79 Å². The van der Waals surface area contributed by atoms with Crippen LogP contribution in [-0.4, -0.2) is 58.8 Å². The smallest absolute Gasteiger partial charge is 0.341 e. The molecule has 0 unspecified atom stereocenters. The highest BCUT2D eigenvalue weighted by atomic mass is 35.5. The number of rotatable bonds is 26. The van der Waals surface area contributed by atoms with E-state index in [1.807, 2.05) is 132 Å². The Bertz CT molecular complexity index is 2730. The minimum absolute atomic E-state index is 0.0559. The fourth-order valence-corrected chi connectivity index (χ4v) is 11.2. The second-order valence-electron chi connectivity index (χ2n) is 18.8. The number of ether oxygens (including phenoxy) is 9. The quantitative estimate of drug-likeness (QED) is 0.0134. The van der Waals surface area contributed by atoms with Gasteiger partial charge >= 0.3 is 5.97 Å². The molecule has 1 heterocycles. The highest BCUT2D eigenvalue weighted by Crippen LogP contribution is 2.55. The number of halogens is 4. The van der Waals surface area contributed by atoms with Crippen LogP contribution in [0.25, 0.3) is 11.1 Å². The van der Waals surface area contributed by atoms with Gasteiger partial charge in [0.15, 0.2) is 28.7 Å². The predicted molar refractivity (Wildman–Crippen MR) is 314 cm³/mol. The molecule has 422 valence electrons. The number of cyclic esters (lactones) is 1. The molecular formula is C60H74Cl4N4O10. The van der Waals surface area contributed by atoms with Crippen molar-refractivity contribution in [2.45, 2.75) is 112 Å². The maximum atomic E-state index is 14.9. The summed E-state index contributed by atoms with van der Waals surface area (Å²) in [7, 11) is 0. The lowest BCUT2D eigenvalue weighted by Gasteiger charge is -2.32. The van der Waals surface area contributed by atoms with Gasteiger partial charge in [0.25, 0.3) is 0 Å². The maximum Gasteiger partial charge on any atom is 0.341 e. The van der Waals surface area contributed by atoms with E-state index in [0.717, 1.165) is 0 Å². The van der Waals surface area contributed by atoms with E-state index in [4.69, 9.17) is 112 Å². The zero-order valence-corrected chi connectivity index (χ0v) is 49.7. The molecule has 0 amide bonds. The van der Waals surface area contributed by atoms with E-state index in [1.54, 1.807) is 36.4 Å². The van der Waals surface area contributed by atoms with Crippen LogP contribution in [0.15, 0.2) is 84.9 Å². The molecule has 78 heavy (non-hydrogen) atoms. The number of hydrogen-bond donors (Lipinski definition) is 4. The van der Waals surface area contributed by atoms with E-state index in [2.05, 4.69) is 0 Å². The zero-order chi connectivity index (χ0) is 57.5. The Kier molecular flexibility index (Phi) is 20.5. The number of hydrogen-bond acceptors (Lipinski definition) is 14. The molecule has 0 aliphatic carbocycles. The third-order valence-electron chi connectivity index (χ3n) is 13.7. The van der Waals surface area contributed by atoms with Crippen LogP contribution in [0.2, 0.25) is 20.1 Å². The number of carbonyl (C=O) groups excluding carboxylic acids is 1. The Hall–Kier alpha value is -4.91. The number of carbonyl (C=O) groups is 1. The fourth-order valence-electron chi connectivity index (χ4n) is 10.1. The summed E-state index contributed by atoms with van der Waals surface area (Å²) < 4.78 is 56.1. The molecule has 0 spiro atoms. The summed E-state index contributed by atoms with van der Waals surface area (Å²) in [4.78, 5) is 14.9. The molecule has 0 saturated heterocycles. The van der Waals surface area contributed by atoms with E-state index in [9.17, 15) is 4.79 Å². The highest BCUT2D eigenvalue weighted by molar-refractivity contribution is 6.53. The molecule has 1 aliphatic rings. The summed E-state index contributed by atoms with van der Waals surface area (Å²) in [6.45, 7) is 25.1. The van der Waals surface area contributed by atoms with Crippen molar-refractivity contribution in [1.29, 1.82) is 0 Å². The molecule has 0 saturated carbocycles. The predicted octanol–water partition coefficient (Wildman–Crippen LogP) is 14.2. The summed E-state index contributed by atoms with van der Waals surface area (Å²) in [5.74, 6) is -5.54. The first-order valence-electron chi connectivity index (χ1n) is 26.2. The second kappa shape index (κ2) is 25.7. The number of nitrogens with two attached hydrogens (primary N) is 4. The van der Waals surface area contributed by atoms with Crippen LogP contribution in [-0.2, 0) is 71.4 Å². The highest BCUT2D eigenvalue weighted by Gasteiger charge is 2.49. The van der Waals surface area contributed by atoms with Gasteiger partial charge in [-0.15, -0.1) is 0 Å². The summed E-state index contributed by atoms with van der Waals surface area (Å²) in [6, 6.07) is 21.7. The maximum absolute atomic E-state index is 14.9. The first-order chi connectivity index (χ1) is 36.9. The van der Waals surface area contributed by atoms with Crippen molar-refractivity contribution in [3.05, 3.63) is 161 Å². The number of fused-ring (bicyclic) bond motifs is 1. The number of benzene rings is 5. The summed E-state index contributed by atoms with van der Waals surface area (Å²) in [5, 5.41) is -0.602. The molecule has 0 atom stereocenters. The first kappa shape index (κ1) is 62.3. The fraction of sp³-hybridized carbons (Fsp3) is 0.417. The average Bonchev–Trinajstić information content (AvgIpc) is 3.68. The van der Waals surface area contributed by atoms with Gasteiger partial charge in [-0.1, -0.05) is 94.9 Å². The number of anilines is 4. The molecular weight excluding hydrogens is 1080 g/mol. The van der Waals surface area contributed by atoms with Gasteiger partial charge in [0.1, 0.15) is 0 Å². The van der Waals surface area contributed by atoms with Crippen LogP contribution in [0.5, 0.6) is 0 Å². The molecule has 6 rings (SSSR count). The Labute approximate surface area is 479 Å². The van der Waals surface area contributed by atoms with Gasteiger partial charge in [-0.3, -0.25) is 0 Å². The molecule has 0 radical (unpaired) electrons. The molecule has 0 bridgehead atoms. The number of esters is 1. The van der Waals surface area contributed by atoms with Crippen LogP contribution in [0.1, 0.15) is 144 Å². The minimum Gasteiger partial charge on any atom is -0.442 e. The lowest BCUT2D eigenvalue weighted by atomic mass is 9.81. The van der Waals surface area contributed by atoms with E-state index in [-0.39, 0.29) is 54.0 Å². The largest absolute Gasteiger partial charge is 0.442 e. The van der Waals surface area contributed by atoms with E-state index in [0.29, 0.717) is 109 Å². The molecule has 5 aromatic rings. The van der Waals surface area contributed by atoms with Gasteiger partial charge < -0.3 is 65.6 Å². The molecule has 0 aromatic heterocycles. The average molecular weight is 1150 g/mol.